The van der Waals surface area contributed by atoms with Crippen LogP contribution in [0.4, 0.5) is 0 Å². The first kappa shape index (κ1) is 85.2. The van der Waals surface area contributed by atoms with Gasteiger partial charge in [0.05, 0.1) is 0 Å². The predicted octanol–water partition coefficient (Wildman–Crippen LogP) is 26.3. The van der Waals surface area contributed by atoms with Crippen LogP contribution in [-0.2, 0) is 68.0 Å². The SMILES string of the molecule is CCc1c[n+](C)c(-c2ccccc2C)cc1C1CCCC1.Cc1cc(C)[n+](C)c(-c2ccccc2C)c1.Cc1ccccc1-c1cc(C2CCCC2)c(CC(C)(C)C)c[n+]1C.Cc1ccccc1-c1cc(CC(C)(C)C)c(CC(C)(C)C)c[n+]1C.[2H]C([2H])([2H])c1c(C)c(C)c(-c2ccccc2C)[n+](C)c1C.[2H]C([2H])([2H])c1c(C)cc(-c2ccccc2C)[n+](C)c1C. The quantitative estimate of drug-likeness (QED) is 0.109. The molecule has 0 atom stereocenters. The van der Waals surface area contributed by atoms with Crippen LogP contribution in [0.5, 0.6) is 0 Å². The molecule has 2 aliphatic carbocycles. The van der Waals surface area contributed by atoms with E-state index in [4.69, 9.17) is 8.22 Å². The second kappa shape index (κ2) is 41.2. The maximum absolute atomic E-state index is 7.79. The van der Waals surface area contributed by atoms with E-state index in [-0.39, 0.29) is 5.41 Å². The van der Waals surface area contributed by atoms with Crippen LogP contribution in [0.15, 0.2) is 201 Å². The minimum atomic E-state index is -2.08. The summed E-state index contributed by atoms with van der Waals surface area (Å²) in [7, 11) is 12.5. The molecular formula is C114H152N6+6. The van der Waals surface area contributed by atoms with Crippen LogP contribution in [0, 0.1) is 120 Å². The monoisotopic (exact) mass is 1610 g/mol. The largest absolute Gasteiger partial charge is 0.215 e. The fourth-order valence-corrected chi connectivity index (χ4v) is 17.9. The molecule has 2 aliphatic rings. The van der Waals surface area contributed by atoms with E-state index in [1.807, 2.05) is 88.2 Å². The highest BCUT2D eigenvalue weighted by molar-refractivity contribution is 5.68. The van der Waals surface area contributed by atoms with Crippen molar-refractivity contribution in [2.24, 2.45) is 58.5 Å². The Labute approximate surface area is 737 Å². The number of nitrogens with zero attached hydrogens (tertiary/aromatic N) is 6. The van der Waals surface area contributed by atoms with E-state index in [0.717, 1.165) is 88.1 Å². The molecule has 0 bridgehead atoms. The number of aromatic nitrogens is 6. The molecule has 0 radical (unpaired) electrons. The molecule has 6 aromatic heterocycles. The third-order valence-corrected chi connectivity index (χ3v) is 25.0. The Balaban J connectivity index is 0.000000172. The van der Waals surface area contributed by atoms with E-state index in [1.54, 1.807) is 16.7 Å². The van der Waals surface area contributed by atoms with Gasteiger partial charge in [0.15, 0.2) is 35.7 Å². The zero-order valence-corrected chi connectivity index (χ0v) is 79.4. The highest BCUT2D eigenvalue weighted by Gasteiger charge is 2.31. The minimum absolute atomic E-state index is 0.287. The van der Waals surface area contributed by atoms with E-state index in [9.17, 15) is 0 Å². The van der Waals surface area contributed by atoms with Crippen molar-refractivity contribution in [2.45, 2.75) is 262 Å². The summed E-state index contributed by atoms with van der Waals surface area (Å²) in [6.45, 7) is 45.9. The number of pyridine rings is 6. The van der Waals surface area contributed by atoms with E-state index in [1.165, 1.54) is 158 Å². The van der Waals surface area contributed by atoms with E-state index in [0.29, 0.717) is 22.0 Å². The van der Waals surface area contributed by atoms with Gasteiger partial charge in [-0.05, 0) is 266 Å². The van der Waals surface area contributed by atoms with Gasteiger partial charge in [-0.1, -0.05) is 204 Å². The van der Waals surface area contributed by atoms with Crippen molar-refractivity contribution < 1.29 is 35.6 Å². The van der Waals surface area contributed by atoms with Crippen molar-refractivity contribution in [2.75, 3.05) is 0 Å². The molecular weight excluding hydrogens is 1450 g/mol. The van der Waals surface area contributed by atoms with Crippen LogP contribution < -0.4 is 27.4 Å². The number of rotatable bonds is 12. The maximum Gasteiger partial charge on any atom is 0.215 e. The fourth-order valence-electron chi connectivity index (χ4n) is 17.9. The van der Waals surface area contributed by atoms with Crippen molar-refractivity contribution in [1.29, 1.82) is 0 Å². The smallest absolute Gasteiger partial charge is 0.201 e. The molecule has 6 aromatic carbocycles. The van der Waals surface area contributed by atoms with Crippen molar-refractivity contribution in [1.82, 2.24) is 0 Å². The lowest BCUT2D eigenvalue weighted by Crippen LogP contribution is -2.37. The van der Waals surface area contributed by atoms with Crippen LogP contribution in [0.1, 0.15) is 258 Å². The predicted molar refractivity (Wildman–Crippen MR) is 511 cm³/mol. The standard InChI is InChI=1S/C23H32N.C23H34N.C20H26N.C17H22N.C16H20N.C15H18N/c1-17-10-6-9-13-20(17)22-14-21(18-11-7-8-12-18)19(16-24(22)5)15-23(2,3)4;1-17-11-9-10-12-20(17)21-13-18(14-22(2,3)4)19(16-24(21)8)15-23(5,6)7;1-4-16-14-21(3)20(18-12-8-5-9-15(18)2)13-19(16)17-10-6-7-11-17;1-11-9-7-8-10-16(11)17-14(4)12(2)13(3)15(5)18(17)6;1-11-8-6-7-9-15(11)16-10-12(2)13(3)14(4)17(16)5;1-11-9-13(3)16(4)15(10-11)14-8-6-5-7-12(14)2/h6,9-10,13-14,16,18H,7-8,11-12,15H2,1-5H3;9-13,16H,14-15H2,1-8H3;5,8-9,12-14,17H,4,6-7,10-11H2,1-3H3;7-10H,1-6H3;6-10H,1-5H3;5-10H,1-4H3/q6*+1/i;;;2*3D3;. The van der Waals surface area contributed by atoms with Gasteiger partial charge < -0.3 is 0 Å². The number of aryl methyl sites for hydroxylation is 13. The van der Waals surface area contributed by atoms with Crippen molar-refractivity contribution in [3.8, 4) is 67.5 Å². The number of benzene rings is 6. The average molecular weight is 1610 g/mol. The second-order valence-electron chi connectivity index (χ2n) is 38.7. The Morgan fingerprint density at radius 3 is 1.02 bits per heavy atom. The summed E-state index contributed by atoms with van der Waals surface area (Å²) in [6, 6.07) is 64.8. The molecule has 2 fully saturated rings. The van der Waals surface area contributed by atoms with Gasteiger partial charge in [0, 0.05) is 132 Å². The molecule has 14 rings (SSSR count). The summed E-state index contributed by atoms with van der Waals surface area (Å²) in [5.74, 6) is 1.54. The summed E-state index contributed by atoms with van der Waals surface area (Å²) >= 11 is 0. The lowest BCUT2D eigenvalue weighted by molar-refractivity contribution is -0.667. The average Bonchev–Trinajstić information content (AvgIpc) is 1.07. The molecule has 0 aliphatic heterocycles. The highest BCUT2D eigenvalue weighted by Crippen LogP contribution is 2.41. The zero-order chi connectivity index (χ0) is 93.0. The van der Waals surface area contributed by atoms with Crippen LogP contribution in [0.3, 0.4) is 0 Å². The third kappa shape index (κ3) is 24.1. The lowest BCUT2D eigenvalue weighted by atomic mass is 9.81. The van der Waals surface area contributed by atoms with Crippen molar-refractivity contribution >= 4 is 0 Å². The molecule has 6 nitrogen and oxygen atoms in total. The zero-order valence-electron chi connectivity index (χ0n) is 85.4. The summed E-state index contributed by atoms with van der Waals surface area (Å²) in [5.41, 5.74) is 40.9. The molecule has 0 spiro atoms. The van der Waals surface area contributed by atoms with Gasteiger partial charge >= 0.3 is 0 Å². The number of hydrogen-bond donors (Lipinski definition) is 0. The van der Waals surface area contributed by atoms with E-state index >= 15 is 0 Å². The molecule has 0 unspecified atom stereocenters. The molecule has 0 amide bonds. The van der Waals surface area contributed by atoms with Crippen LogP contribution in [0.2, 0.25) is 0 Å². The van der Waals surface area contributed by atoms with Gasteiger partial charge in [-0.3, -0.25) is 0 Å². The molecule has 6 heterocycles. The normalized spacial score (nSPS) is 13.9. The van der Waals surface area contributed by atoms with Crippen LogP contribution >= 0.6 is 0 Å². The first-order chi connectivity index (χ1) is 59.0. The van der Waals surface area contributed by atoms with Gasteiger partial charge in [0.25, 0.3) is 0 Å². The summed E-state index contributed by atoms with van der Waals surface area (Å²) < 4.78 is 59.6. The topological polar surface area (TPSA) is 23.3 Å². The van der Waals surface area contributed by atoms with Crippen LogP contribution in [0.25, 0.3) is 67.5 Å². The Hall–Kier alpha value is -9.78. The Morgan fingerprint density at radius 2 is 0.633 bits per heavy atom. The van der Waals surface area contributed by atoms with Crippen molar-refractivity contribution in [3.05, 3.63) is 318 Å². The molecule has 0 N–H and O–H groups in total. The van der Waals surface area contributed by atoms with E-state index in [2.05, 4.69) is 341 Å². The van der Waals surface area contributed by atoms with Crippen molar-refractivity contribution in [3.63, 3.8) is 0 Å². The molecule has 0 saturated heterocycles. The summed E-state index contributed by atoms with van der Waals surface area (Å²) in [6.07, 6.45) is 22.7. The maximum atomic E-state index is 7.79. The highest BCUT2D eigenvalue weighted by atomic mass is 15.0. The number of hydrogen-bond acceptors (Lipinski definition) is 0. The Bertz CT molecular complexity index is 5760. The Kier molecular flexibility index (Phi) is 29.2. The molecule has 6 heteroatoms. The van der Waals surface area contributed by atoms with Gasteiger partial charge in [-0.2, -0.15) is 13.7 Å². The van der Waals surface area contributed by atoms with Gasteiger partial charge in [0.1, 0.15) is 42.3 Å². The second-order valence-corrected chi connectivity index (χ2v) is 38.7. The molecule has 120 heavy (non-hydrogen) atoms. The first-order valence-electron chi connectivity index (χ1n) is 47.4. The summed E-state index contributed by atoms with van der Waals surface area (Å²) in [4.78, 5) is 0. The third-order valence-electron chi connectivity index (χ3n) is 25.0. The lowest BCUT2D eigenvalue weighted by Gasteiger charge is -2.24. The molecule has 2 saturated carbocycles. The van der Waals surface area contributed by atoms with E-state index < -0.39 is 13.7 Å². The van der Waals surface area contributed by atoms with Gasteiger partial charge in [-0.15, -0.1) is 0 Å². The fraction of sp³-hybridized carbons (Fsp3) is 0.421. The molecule has 632 valence electrons. The van der Waals surface area contributed by atoms with Crippen LogP contribution in [-0.4, -0.2) is 0 Å². The summed E-state index contributed by atoms with van der Waals surface area (Å²) in [5, 5.41) is 0. The molecule has 12 aromatic rings. The van der Waals surface area contributed by atoms with Gasteiger partial charge in [-0.25, -0.2) is 13.7 Å². The first-order valence-corrected chi connectivity index (χ1v) is 44.4. The Morgan fingerprint density at radius 1 is 0.308 bits per heavy atom. The van der Waals surface area contributed by atoms with Gasteiger partial charge in [0.2, 0.25) is 34.2 Å². The minimum Gasteiger partial charge on any atom is -0.201 e.